The van der Waals surface area contributed by atoms with Crippen LogP contribution in [0.2, 0.25) is 0 Å². The Kier molecular flexibility index (Phi) is 11.8. The van der Waals surface area contributed by atoms with E-state index in [1.807, 2.05) is 27.2 Å². The predicted molar refractivity (Wildman–Crippen MR) is 167 cm³/mol. The molecule has 0 aromatic carbocycles. The van der Waals surface area contributed by atoms with E-state index in [9.17, 15) is 0 Å². The fourth-order valence-corrected chi connectivity index (χ4v) is 10.7. The summed E-state index contributed by atoms with van der Waals surface area (Å²) in [6.45, 7) is 17.1. The molecular formula is C34H60BrNO3. The molecule has 4 nitrogen and oxygen atoms in total. The number of halogens is 1. The van der Waals surface area contributed by atoms with Gasteiger partial charge in [-0.15, -0.1) is 0 Å². The van der Waals surface area contributed by atoms with Gasteiger partial charge in [-0.25, -0.2) is 0 Å². The largest absolute Gasteiger partial charge is 0.384 e. The van der Waals surface area contributed by atoms with E-state index in [4.69, 9.17) is 14.1 Å². The minimum Gasteiger partial charge on any atom is -0.384 e. The number of aromatic nitrogens is 1. The van der Waals surface area contributed by atoms with E-state index in [-0.39, 0.29) is 1.43 Å². The Balaban J connectivity index is 0.000000501. The Morgan fingerprint density at radius 1 is 1.05 bits per heavy atom. The molecule has 4 saturated carbocycles. The number of carbonyl (C=O) groups excluding carboxylic acids is 1. The maximum Gasteiger partial charge on any atom is 0.143 e. The van der Waals surface area contributed by atoms with Gasteiger partial charge in [-0.3, -0.25) is 0 Å². The summed E-state index contributed by atoms with van der Waals surface area (Å²) in [6, 6.07) is 0. The molecule has 0 bridgehead atoms. The van der Waals surface area contributed by atoms with Gasteiger partial charge in [-0.1, -0.05) is 82.4 Å². The summed E-state index contributed by atoms with van der Waals surface area (Å²) in [4.78, 5) is 9.13. The van der Waals surface area contributed by atoms with Crippen molar-refractivity contribution in [2.45, 2.75) is 125 Å². The molecule has 39 heavy (non-hydrogen) atoms. The van der Waals surface area contributed by atoms with E-state index < -0.39 is 0 Å². The maximum absolute atomic E-state index is 9.13. The SMILES string of the molecule is CC.CCC.COCC12CCCC1C1CCC3C4(C)Cc5cnoc5C(C)C4CCC3(C)C1CC2.O=CCBr.[HH]. The predicted octanol–water partition coefficient (Wildman–Crippen LogP) is 9.89. The van der Waals surface area contributed by atoms with Gasteiger partial charge in [0, 0.05) is 20.0 Å². The van der Waals surface area contributed by atoms with Crippen molar-refractivity contribution in [1.29, 1.82) is 0 Å². The first-order valence-corrected chi connectivity index (χ1v) is 17.3. The summed E-state index contributed by atoms with van der Waals surface area (Å²) in [5.74, 6) is 6.14. The molecule has 5 aliphatic carbocycles. The molecule has 5 aliphatic rings. The first-order valence-electron chi connectivity index (χ1n) is 16.2. The second-order valence-electron chi connectivity index (χ2n) is 13.6. The normalized spacial score (nSPS) is 41.3. The molecule has 0 saturated heterocycles. The fourth-order valence-electron chi connectivity index (χ4n) is 10.7. The fraction of sp³-hybridized carbons (Fsp3) is 0.882. The Bertz CT molecular complexity index is 910. The molecule has 0 N–H and O–H groups in total. The van der Waals surface area contributed by atoms with Crippen LogP contribution in [-0.2, 0) is 16.0 Å². The number of hydrogen-bond acceptors (Lipinski definition) is 4. The molecule has 1 aromatic heterocycles. The van der Waals surface area contributed by atoms with Crippen LogP contribution in [-0.4, -0.2) is 30.5 Å². The number of nitrogens with zero attached hydrogens (tertiary/aromatic N) is 1. The van der Waals surface area contributed by atoms with Crippen LogP contribution in [0.15, 0.2) is 10.7 Å². The lowest BCUT2D eigenvalue weighted by Crippen LogP contribution is -2.60. The lowest BCUT2D eigenvalue weighted by atomic mass is 9.38. The zero-order valence-electron chi connectivity index (χ0n) is 26.4. The molecule has 1 aromatic rings. The van der Waals surface area contributed by atoms with Gasteiger partial charge in [0.2, 0.25) is 0 Å². The molecule has 0 amide bonds. The maximum atomic E-state index is 9.13. The highest BCUT2D eigenvalue weighted by atomic mass is 79.9. The van der Waals surface area contributed by atoms with Crippen molar-refractivity contribution in [3.05, 3.63) is 17.5 Å². The lowest BCUT2D eigenvalue weighted by molar-refractivity contribution is -0.176. The van der Waals surface area contributed by atoms with Crippen LogP contribution >= 0.6 is 15.9 Å². The van der Waals surface area contributed by atoms with E-state index in [0.717, 1.165) is 42.5 Å². The first kappa shape index (κ1) is 32.8. The van der Waals surface area contributed by atoms with Crippen LogP contribution in [0.25, 0.3) is 0 Å². The van der Waals surface area contributed by atoms with Crippen LogP contribution < -0.4 is 0 Å². The average molecular weight is 611 g/mol. The topological polar surface area (TPSA) is 52.3 Å². The summed E-state index contributed by atoms with van der Waals surface area (Å²) in [5.41, 5.74) is 2.85. The number of carbonyl (C=O) groups is 1. The summed E-state index contributed by atoms with van der Waals surface area (Å²) in [7, 11) is 1.93. The molecule has 0 spiro atoms. The standard InChI is InChI=1S/C27H41NO2.C3H8.C2H3BrO.C2H6.H2/c1-17-20-9-12-25(2)21-10-13-27(16-29-4)11-5-6-22(27)19(21)7-8-23(25)26(20,3)14-18-15-28-30-24(17)18;1-3-2;3-1-2-4;1-2;/h15,17,19-23H,5-14,16H2,1-4H3;3H2,1-2H3;2H,1H2;1-2H3;1H. The first-order chi connectivity index (χ1) is 18.8. The zero-order valence-corrected chi connectivity index (χ0v) is 27.9. The van der Waals surface area contributed by atoms with E-state index in [1.165, 1.54) is 82.0 Å². The number of aldehydes is 1. The summed E-state index contributed by atoms with van der Waals surface area (Å²) in [5, 5.41) is 4.66. The second kappa shape index (κ2) is 14.0. The van der Waals surface area contributed by atoms with E-state index >= 15 is 0 Å². The van der Waals surface area contributed by atoms with E-state index in [0.29, 0.717) is 27.5 Å². The minimum atomic E-state index is 0. The van der Waals surface area contributed by atoms with Gasteiger partial charge in [0.1, 0.15) is 12.0 Å². The summed E-state index contributed by atoms with van der Waals surface area (Å²) >= 11 is 2.88. The number of hydrogen-bond donors (Lipinski definition) is 0. The van der Waals surface area contributed by atoms with Crippen molar-refractivity contribution in [1.82, 2.24) is 5.16 Å². The van der Waals surface area contributed by atoms with Gasteiger partial charge < -0.3 is 14.1 Å². The Hall–Kier alpha value is -0.680. The second-order valence-corrected chi connectivity index (χ2v) is 14.2. The van der Waals surface area contributed by atoms with E-state index in [2.05, 4.69) is 55.7 Å². The summed E-state index contributed by atoms with van der Waals surface area (Å²) < 4.78 is 11.5. The van der Waals surface area contributed by atoms with Crippen molar-refractivity contribution >= 4 is 22.2 Å². The average Bonchev–Trinajstić information content (AvgIpc) is 3.57. The van der Waals surface area contributed by atoms with Crippen LogP contribution in [0.3, 0.4) is 0 Å². The summed E-state index contributed by atoms with van der Waals surface area (Å²) in [6.07, 6.45) is 18.2. The van der Waals surface area contributed by atoms with Crippen molar-refractivity contribution in [2.75, 3.05) is 19.0 Å². The Morgan fingerprint density at radius 3 is 2.36 bits per heavy atom. The molecule has 1 heterocycles. The molecule has 4 fully saturated rings. The number of fused-ring (bicyclic) bond motifs is 8. The van der Waals surface area contributed by atoms with Crippen LogP contribution in [0.5, 0.6) is 0 Å². The smallest absolute Gasteiger partial charge is 0.143 e. The monoisotopic (exact) mass is 609 g/mol. The van der Waals surface area contributed by atoms with Crippen molar-refractivity contribution in [3.63, 3.8) is 0 Å². The number of rotatable bonds is 3. The molecule has 0 radical (unpaired) electrons. The van der Waals surface area contributed by atoms with Gasteiger partial charge in [-0.2, -0.15) is 0 Å². The quantitative estimate of drug-likeness (QED) is 0.253. The van der Waals surface area contributed by atoms with Crippen LogP contribution in [0.4, 0.5) is 0 Å². The van der Waals surface area contributed by atoms with Gasteiger partial charge in [0.25, 0.3) is 0 Å². The highest BCUT2D eigenvalue weighted by Gasteiger charge is 2.64. The highest BCUT2D eigenvalue weighted by molar-refractivity contribution is 9.09. The van der Waals surface area contributed by atoms with Crippen molar-refractivity contribution < 1.29 is 15.5 Å². The van der Waals surface area contributed by atoms with Gasteiger partial charge in [0.15, 0.2) is 0 Å². The van der Waals surface area contributed by atoms with Gasteiger partial charge in [0.05, 0.1) is 18.1 Å². The molecule has 0 aliphatic heterocycles. The van der Waals surface area contributed by atoms with Gasteiger partial charge >= 0.3 is 0 Å². The number of methoxy groups -OCH3 is 1. The minimum absolute atomic E-state index is 0. The molecule has 226 valence electrons. The highest BCUT2D eigenvalue weighted by Crippen LogP contribution is 2.71. The number of ether oxygens (including phenoxy) is 1. The van der Waals surface area contributed by atoms with Crippen LogP contribution in [0, 0.1) is 45.8 Å². The third kappa shape index (κ3) is 5.84. The van der Waals surface area contributed by atoms with E-state index in [1.54, 1.807) is 0 Å². The van der Waals surface area contributed by atoms with Crippen LogP contribution in [0.1, 0.15) is 131 Å². The molecule has 9 atom stereocenters. The third-order valence-electron chi connectivity index (χ3n) is 11.8. The Labute approximate surface area is 249 Å². The van der Waals surface area contributed by atoms with Crippen molar-refractivity contribution in [2.24, 2.45) is 45.8 Å². The van der Waals surface area contributed by atoms with Gasteiger partial charge in [-0.05, 0) is 104 Å². The Morgan fingerprint density at radius 2 is 1.72 bits per heavy atom. The zero-order chi connectivity index (χ0) is 28.8. The molecular weight excluding hydrogens is 550 g/mol. The lowest BCUT2D eigenvalue weighted by Gasteiger charge is -2.67. The molecule has 9 unspecified atom stereocenters. The molecule has 6 rings (SSSR count). The van der Waals surface area contributed by atoms with Crippen molar-refractivity contribution in [3.8, 4) is 0 Å². The molecule has 5 heteroatoms. The number of alkyl halides is 1. The third-order valence-corrected chi connectivity index (χ3v) is 12.1.